The van der Waals surface area contributed by atoms with Crippen molar-refractivity contribution in [1.82, 2.24) is 9.80 Å². The van der Waals surface area contributed by atoms with Crippen LogP contribution in [0.4, 0.5) is 5.69 Å². The molecule has 1 saturated heterocycles. The zero-order chi connectivity index (χ0) is 25.9. The average molecular weight is 532 g/mol. The van der Waals surface area contributed by atoms with Gasteiger partial charge in [-0.15, -0.1) is 11.8 Å². The molecule has 0 unspecified atom stereocenters. The van der Waals surface area contributed by atoms with Crippen LogP contribution < -0.4 is 5.32 Å². The third kappa shape index (κ3) is 8.65. The fourth-order valence-electron chi connectivity index (χ4n) is 3.70. The van der Waals surface area contributed by atoms with Crippen molar-refractivity contribution in [1.29, 1.82) is 0 Å². The van der Waals surface area contributed by atoms with Crippen LogP contribution in [-0.4, -0.2) is 84.2 Å². The second kappa shape index (κ2) is 14.0. The molecule has 8 nitrogen and oxygen atoms in total. The van der Waals surface area contributed by atoms with Gasteiger partial charge in [0.15, 0.2) is 0 Å². The van der Waals surface area contributed by atoms with E-state index in [4.69, 9.17) is 11.6 Å². The molecule has 1 fully saturated rings. The van der Waals surface area contributed by atoms with Gasteiger partial charge in [-0.05, 0) is 55.3 Å². The smallest absolute Gasteiger partial charge is 0.375 e. The summed E-state index contributed by atoms with van der Waals surface area (Å²) in [6.07, 6.45) is 0.943. The maximum atomic E-state index is 12.9. The summed E-state index contributed by atoms with van der Waals surface area (Å²) in [6.45, 7) is 5.67. The number of piperazine rings is 1. The van der Waals surface area contributed by atoms with Gasteiger partial charge in [0.1, 0.15) is 0 Å². The van der Waals surface area contributed by atoms with Crippen molar-refractivity contribution in [3.63, 3.8) is 0 Å². The molecule has 0 bridgehead atoms. The molecule has 1 N–H and O–H groups in total. The number of amides is 2. The molecule has 0 atom stereocenters. The lowest BCUT2D eigenvalue weighted by Gasteiger charge is -2.34. The summed E-state index contributed by atoms with van der Waals surface area (Å²) in [4.78, 5) is 52.1. The Hall–Kier alpha value is -2.88. The molecule has 0 aromatic heterocycles. The van der Waals surface area contributed by atoms with Crippen LogP contribution in [0.5, 0.6) is 0 Å². The summed E-state index contributed by atoms with van der Waals surface area (Å²) in [7, 11) is 0. The van der Waals surface area contributed by atoms with Gasteiger partial charge in [0.2, 0.25) is 11.7 Å². The summed E-state index contributed by atoms with van der Waals surface area (Å²) >= 11 is 6.98. The molecule has 0 saturated carbocycles. The minimum Gasteiger partial charge on any atom is -0.460 e. The van der Waals surface area contributed by atoms with E-state index >= 15 is 0 Å². The largest absolute Gasteiger partial charge is 0.460 e. The van der Waals surface area contributed by atoms with Gasteiger partial charge in [-0.2, -0.15) is 0 Å². The van der Waals surface area contributed by atoms with E-state index in [-0.39, 0.29) is 29.9 Å². The Balaban J connectivity index is 1.38. The number of hydrogen-bond acceptors (Lipinski definition) is 7. The molecular formula is C26H30ClN3O5S. The number of rotatable bonds is 11. The number of anilines is 1. The normalized spacial score (nSPS) is 13.8. The maximum Gasteiger partial charge on any atom is 0.375 e. The number of ether oxygens (including phenoxy) is 1. The molecule has 2 aromatic carbocycles. The van der Waals surface area contributed by atoms with Crippen LogP contribution in [-0.2, 0) is 25.5 Å². The summed E-state index contributed by atoms with van der Waals surface area (Å²) in [6, 6.07) is 14.6. The molecule has 36 heavy (non-hydrogen) atoms. The summed E-state index contributed by atoms with van der Waals surface area (Å²) in [5.41, 5.74) is 2.37. The van der Waals surface area contributed by atoms with Gasteiger partial charge < -0.3 is 15.0 Å². The number of benzene rings is 2. The van der Waals surface area contributed by atoms with Crippen molar-refractivity contribution in [3.8, 4) is 0 Å². The lowest BCUT2D eigenvalue weighted by atomic mass is 10.1. The van der Waals surface area contributed by atoms with Crippen molar-refractivity contribution in [2.75, 3.05) is 56.2 Å². The second-order valence-corrected chi connectivity index (χ2v) is 9.69. The number of carbonyl (C=O) groups is 4. The van der Waals surface area contributed by atoms with Crippen LogP contribution in [0.15, 0.2) is 48.5 Å². The van der Waals surface area contributed by atoms with Gasteiger partial charge in [0.25, 0.3) is 5.91 Å². The maximum absolute atomic E-state index is 12.9. The van der Waals surface area contributed by atoms with Gasteiger partial charge in [-0.25, -0.2) is 4.79 Å². The predicted molar refractivity (Wildman–Crippen MR) is 142 cm³/mol. The van der Waals surface area contributed by atoms with Gasteiger partial charge in [-0.1, -0.05) is 23.7 Å². The molecule has 1 aliphatic heterocycles. The second-order valence-electron chi connectivity index (χ2n) is 8.27. The minimum absolute atomic E-state index is 0.0219. The van der Waals surface area contributed by atoms with Crippen LogP contribution in [0.1, 0.15) is 22.8 Å². The van der Waals surface area contributed by atoms with Gasteiger partial charge in [0, 0.05) is 49.0 Å². The Morgan fingerprint density at radius 2 is 1.61 bits per heavy atom. The molecular weight excluding hydrogens is 502 g/mol. The van der Waals surface area contributed by atoms with Crippen molar-refractivity contribution in [2.24, 2.45) is 0 Å². The number of esters is 1. The van der Waals surface area contributed by atoms with Gasteiger partial charge in [0.05, 0.1) is 18.1 Å². The molecule has 2 amide bonds. The Labute approximate surface area is 220 Å². The number of thioether (sulfide) groups is 1. The first-order chi connectivity index (χ1) is 17.4. The van der Waals surface area contributed by atoms with E-state index in [0.29, 0.717) is 24.3 Å². The van der Waals surface area contributed by atoms with Crippen LogP contribution in [0.2, 0.25) is 5.02 Å². The molecule has 3 rings (SSSR count). The molecule has 0 radical (unpaired) electrons. The summed E-state index contributed by atoms with van der Waals surface area (Å²) in [5.74, 6) is -1.98. The van der Waals surface area contributed by atoms with E-state index in [1.54, 1.807) is 31.2 Å². The summed E-state index contributed by atoms with van der Waals surface area (Å²) in [5, 5.41) is 3.46. The lowest BCUT2D eigenvalue weighted by molar-refractivity contribution is -0.152. The molecule has 0 spiro atoms. The summed E-state index contributed by atoms with van der Waals surface area (Å²) < 4.78 is 4.63. The third-order valence-electron chi connectivity index (χ3n) is 5.67. The first kappa shape index (κ1) is 27.7. The number of halogens is 1. The highest BCUT2D eigenvalue weighted by molar-refractivity contribution is 8.00. The van der Waals surface area contributed by atoms with Crippen LogP contribution >= 0.6 is 23.4 Å². The monoisotopic (exact) mass is 531 g/mol. The zero-order valence-electron chi connectivity index (χ0n) is 20.2. The molecule has 1 aliphatic rings. The number of carbonyl (C=O) groups excluding carboxylic acids is 4. The van der Waals surface area contributed by atoms with E-state index in [0.717, 1.165) is 42.8 Å². The van der Waals surface area contributed by atoms with Crippen LogP contribution in [0, 0.1) is 0 Å². The lowest BCUT2D eigenvalue weighted by Crippen LogP contribution is -2.49. The number of Topliss-reactive ketones (excluding diaryl/α,β-unsaturated/α-hetero) is 1. The van der Waals surface area contributed by atoms with Gasteiger partial charge >= 0.3 is 5.97 Å². The Kier molecular flexibility index (Phi) is 10.8. The van der Waals surface area contributed by atoms with Crippen molar-refractivity contribution < 1.29 is 23.9 Å². The highest BCUT2D eigenvalue weighted by atomic mass is 35.5. The first-order valence-electron chi connectivity index (χ1n) is 11.8. The van der Waals surface area contributed by atoms with E-state index in [1.165, 1.54) is 5.56 Å². The number of nitrogens with one attached hydrogen (secondary N) is 1. The molecule has 1 heterocycles. The van der Waals surface area contributed by atoms with Crippen molar-refractivity contribution in [3.05, 3.63) is 64.7 Å². The zero-order valence-corrected chi connectivity index (χ0v) is 21.8. The highest BCUT2D eigenvalue weighted by Gasteiger charge is 2.22. The van der Waals surface area contributed by atoms with E-state index < -0.39 is 11.8 Å². The average Bonchev–Trinajstić information content (AvgIpc) is 2.89. The molecule has 192 valence electrons. The molecule has 0 aliphatic carbocycles. The predicted octanol–water partition coefficient (Wildman–Crippen LogP) is 3.14. The standard InChI is InChI=1S/C26H30ClN3O5S/c1-2-35-26(34)23(31)17-36-18-24(32)28-22-9-5-20(6-10-22)25(33)30-15-13-29(14-16-30)12-11-19-3-7-21(27)8-4-19/h3-10H,2,11-18H2,1H3,(H,28,32). The SMILES string of the molecule is CCOC(=O)C(=O)CSCC(=O)Nc1ccc(C(=O)N2CCN(CCc3ccc(Cl)cc3)CC2)cc1. The number of hydrogen-bond donors (Lipinski definition) is 1. The Morgan fingerprint density at radius 3 is 2.25 bits per heavy atom. The van der Waals surface area contributed by atoms with Crippen LogP contribution in [0.3, 0.4) is 0 Å². The Bertz CT molecular complexity index is 1050. The van der Waals surface area contributed by atoms with Crippen LogP contribution in [0.25, 0.3) is 0 Å². The topological polar surface area (TPSA) is 96.0 Å². The third-order valence-corrected chi connectivity index (χ3v) is 6.86. The first-order valence-corrected chi connectivity index (χ1v) is 13.3. The van der Waals surface area contributed by atoms with E-state index in [2.05, 4.69) is 15.0 Å². The quantitative estimate of drug-likeness (QED) is 0.351. The fraction of sp³-hybridized carbons (Fsp3) is 0.385. The van der Waals surface area contributed by atoms with E-state index in [1.807, 2.05) is 29.2 Å². The fourth-order valence-corrected chi connectivity index (χ4v) is 4.48. The minimum atomic E-state index is -0.884. The number of ketones is 1. The highest BCUT2D eigenvalue weighted by Crippen LogP contribution is 2.15. The molecule has 2 aromatic rings. The Morgan fingerprint density at radius 1 is 0.944 bits per heavy atom. The van der Waals surface area contributed by atoms with Gasteiger partial charge in [-0.3, -0.25) is 19.3 Å². The van der Waals surface area contributed by atoms with Crippen molar-refractivity contribution in [2.45, 2.75) is 13.3 Å². The van der Waals surface area contributed by atoms with Crippen molar-refractivity contribution >= 4 is 52.6 Å². The number of nitrogens with zero attached hydrogens (tertiary/aromatic N) is 2. The van der Waals surface area contributed by atoms with E-state index in [9.17, 15) is 19.2 Å². The molecule has 10 heteroatoms.